The minimum atomic E-state index is -3.80. The largest absolute Gasteiger partial charge is 0.490 e. The first-order valence-electron chi connectivity index (χ1n) is 9.09. The summed E-state index contributed by atoms with van der Waals surface area (Å²) in [6.45, 7) is 5.02. The Morgan fingerprint density at radius 2 is 1.68 bits per heavy atom. The summed E-state index contributed by atoms with van der Waals surface area (Å²) in [7, 11) is -3.80. The summed E-state index contributed by atoms with van der Waals surface area (Å²) in [5.74, 6) is 0.660. The number of amides is 1. The summed E-state index contributed by atoms with van der Waals surface area (Å²) in [6, 6.07) is 10.5. The Kier molecular flexibility index (Phi) is 5.90. The molecule has 0 saturated heterocycles. The normalized spacial score (nSPS) is 15.1. The van der Waals surface area contributed by atoms with Gasteiger partial charge in [0.05, 0.1) is 18.1 Å². The number of hydrogen-bond donors (Lipinski definition) is 2. The lowest BCUT2D eigenvalue weighted by molar-refractivity contribution is 0.1000. The minimum Gasteiger partial charge on any atom is -0.490 e. The molecule has 1 heterocycles. The van der Waals surface area contributed by atoms with Crippen LogP contribution in [0.1, 0.15) is 42.2 Å². The van der Waals surface area contributed by atoms with Crippen molar-refractivity contribution in [1.29, 1.82) is 0 Å². The van der Waals surface area contributed by atoms with E-state index in [9.17, 15) is 13.2 Å². The first kappa shape index (κ1) is 20.2. The van der Waals surface area contributed by atoms with E-state index in [-0.39, 0.29) is 16.4 Å². The molecule has 0 bridgehead atoms. The Morgan fingerprint density at radius 1 is 1.04 bits per heavy atom. The van der Waals surface area contributed by atoms with Gasteiger partial charge in [-0.15, -0.1) is 0 Å². The van der Waals surface area contributed by atoms with E-state index >= 15 is 0 Å². The SMILES string of the molecule is CC(C)[C@@H](NS(=O)(=O)c1ccc(C(N)=O)cc1)c1ccc2c(c1)OCCCO2. The van der Waals surface area contributed by atoms with E-state index in [2.05, 4.69) is 4.72 Å². The Morgan fingerprint density at radius 3 is 2.29 bits per heavy atom. The van der Waals surface area contributed by atoms with Gasteiger partial charge in [0, 0.05) is 18.0 Å². The van der Waals surface area contributed by atoms with E-state index in [0.717, 1.165) is 12.0 Å². The molecule has 2 aromatic rings. The fourth-order valence-corrected chi connectivity index (χ4v) is 4.37. The van der Waals surface area contributed by atoms with Crippen molar-refractivity contribution in [3.63, 3.8) is 0 Å². The van der Waals surface area contributed by atoms with Crippen LogP contribution < -0.4 is 19.9 Å². The number of nitrogens with one attached hydrogen (secondary N) is 1. The number of primary amides is 1. The maximum Gasteiger partial charge on any atom is 0.248 e. The van der Waals surface area contributed by atoms with Crippen LogP contribution in [0.25, 0.3) is 0 Å². The number of carbonyl (C=O) groups is 1. The lowest BCUT2D eigenvalue weighted by Gasteiger charge is -2.24. The van der Waals surface area contributed by atoms with E-state index in [1.165, 1.54) is 24.3 Å². The van der Waals surface area contributed by atoms with Gasteiger partial charge in [-0.25, -0.2) is 13.1 Å². The van der Waals surface area contributed by atoms with Crippen LogP contribution in [0, 0.1) is 5.92 Å². The van der Waals surface area contributed by atoms with Gasteiger partial charge in [-0.3, -0.25) is 4.79 Å². The van der Waals surface area contributed by atoms with Gasteiger partial charge in [0.25, 0.3) is 0 Å². The van der Waals surface area contributed by atoms with Crippen LogP contribution in [-0.4, -0.2) is 27.5 Å². The van der Waals surface area contributed by atoms with E-state index in [4.69, 9.17) is 15.2 Å². The summed E-state index contributed by atoms with van der Waals surface area (Å²) in [6.07, 6.45) is 0.797. The van der Waals surface area contributed by atoms with Crippen LogP contribution in [0.4, 0.5) is 0 Å². The molecule has 3 N–H and O–H groups in total. The monoisotopic (exact) mass is 404 g/mol. The zero-order valence-electron chi connectivity index (χ0n) is 15.8. The number of benzene rings is 2. The second-order valence-electron chi connectivity index (χ2n) is 6.99. The average molecular weight is 404 g/mol. The molecule has 1 aliphatic rings. The van der Waals surface area contributed by atoms with E-state index in [1.807, 2.05) is 26.0 Å². The topological polar surface area (TPSA) is 108 Å². The van der Waals surface area contributed by atoms with Crippen LogP contribution in [-0.2, 0) is 10.0 Å². The minimum absolute atomic E-state index is 0.00980. The maximum absolute atomic E-state index is 12.9. The first-order chi connectivity index (χ1) is 13.3. The van der Waals surface area contributed by atoms with Crippen LogP contribution >= 0.6 is 0 Å². The second kappa shape index (κ2) is 8.20. The Hall–Kier alpha value is -2.58. The van der Waals surface area contributed by atoms with Crippen molar-refractivity contribution in [2.24, 2.45) is 11.7 Å². The van der Waals surface area contributed by atoms with Crippen molar-refractivity contribution in [1.82, 2.24) is 4.72 Å². The van der Waals surface area contributed by atoms with Crippen molar-refractivity contribution in [2.75, 3.05) is 13.2 Å². The molecule has 8 heteroatoms. The molecule has 1 amide bonds. The number of sulfonamides is 1. The molecule has 0 unspecified atom stereocenters. The summed E-state index contributed by atoms with van der Waals surface area (Å²) in [4.78, 5) is 11.3. The Labute approximate surface area is 164 Å². The lowest BCUT2D eigenvalue weighted by Crippen LogP contribution is -2.32. The van der Waals surface area contributed by atoms with Gasteiger partial charge in [-0.1, -0.05) is 19.9 Å². The highest BCUT2D eigenvalue weighted by atomic mass is 32.2. The van der Waals surface area contributed by atoms with Gasteiger partial charge in [0.2, 0.25) is 15.9 Å². The molecule has 28 heavy (non-hydrogen) atoms. The zero-order valence-corrected chi connectivity index (χ0v) is 16.7. The molecule has 150 valence electrons. The predicted molar refractivity (Wildman–Crippen MR) is 105 cm³/mol. The molecule has 0 radical (unpaired) electrons. The zero-order chi connectivity index (χ0) is 20.3. The maximum atomic E-state index is 12.9. The van der Waals surface area contributed by atoms with Gasteiger partial charge in [-0.2, -0.15) is 0 Å². The quantitative estimate of drug-likeness (QED) is 0.769. The highest BCUT2D eigenvalue weighted by molar-refractivity contribution is 7.89. The molecule has 2 aromatic carbocycles. The molecule has 0 saturated carbocycles. The number of fused-ring (bicyclic) bond motifs is 1. The predicted octanol–water partition coefficient (Wildman–Crippen LogP) is 2.62. The van der Waals surface area contributed by atoms with Gasteiger partial charge >= 0.3 is 0 Å². The number of hydrogen-bond acceptors (Lipinski definition) is 5. The summed E-state index contributed by atoms with van der Waals surface area (Å²) in [5, 5.41) is 0. The molecule has 3 rings (SSSR count). The molecule has 1 atom stereocenters. The van der Waals surface area contributed by atoms with E-state index < -0.39 is 22.0 Å². The molecule has 7 nitrogen and oxygen atoms in total. The molecular formula is C20H24N2O5S. The first-order valence-corrected chi connectivity index (χ1v) is 10.6. The summed E-state index contributed by atoms with van der Waals surface area (Å²) < 4.78 is 39.8. The second-order valence-corrected chi connectivity index (χ2v) is 8.70. The molecule has 0 aromatic heterocycles. The van der Waals surface area contributed by atoms with Gasteiger partial charge < -0.3 is 15.2 Å². The molecule has 1 aliphatic heterocycles. The highest BCUT2D eigenvalue weighted by Crippen LogP contribution is 2.34. The Balaban J connectivity index is 1.88. The lowest BCUT2D eigenvalue weighted by atomic mass is 9.97. The average Bonchev–Trinajstić information content (AvgIpc) is 2.90. The van der Waals surface area contributed by atoms with Crippen LogP contribution in [0.2, 0.25) is 0 Å². The van der Waals surface area contributed by atoms with E-state index in [0.29, 0.717) is 24.7 Å². The van der Waals surface area contributed by atoms with Crippen LogP contribution in [0.5, 0.6) is 11.5 Å². The molecule has 0 spiro atoms. The number of rotatable bonds is 6. The molecule has 0 fully saturated rings. The smallest absolute Gasteiger partial charge is 0.248 e. The Bertz CT molecular complexity index is 955. The standard InChI is InChI=1S/C20H24N2O5S/c1-13(2)19(15-6-9-17-18(12-15)27-11-3-10-26-17)22-28(24,25)16-7-4-14(5-8-16)20(21)23/h4-9,12-13,19,22H,3,10-11H2,1-2H3,(H2,21,23)/t19-/m1/s1. The fourth-order valence-electron chi connectivity index (χ4n) is 3.00. The van der Waals surface area contributed by atoms with Crippen molar-refractivity contribution in [3.8, 4) is 11.5 Å². The molecular weight excluding hydrogens is 380 g/mol. The number of ether oxygens (including phenoxy) is 2. The van der Waals surface area contributed by atoms with Crippen molar-refractivity contribution < 1.29 is 22.7 Å². The molecule has 0 aliphatic carbocycles. The third kappa shape index (κ3) is 4.45. The van der Waals surface area contributed by atoms with Crippen molar-refractivity contribution in [3.05, 3.63) is 53.6 Å². The van der Waals surface area contributed by atoms with Crippen LogP contribution in [0.3, 0.4) is 0 Å². The third-order valence-electron chi connectivity index (χ3n) is 4.53. The highest BCUT2D eigenvalue weighted by Gasteiger charge is 2.25. The number of carbonyl (C=O) groups excluding carboxylic acids is 1. The van der Waals surface area contributed by atoms with Crippen molar-refractivity contribution in [2.45, 2.75) is 31.2 Å². The summed E-state index contributed by atoms with van der Waals surface area (Å²) >= 11 is 0. The van der Waals surface area contributed by atoms with Crippen molar-refractivity contribution >= 4 is 15.9 Å². The van der Waals surface area contributed by atoms with Gasteiger partial charge in [0.15, 0.2) is 11.5 Å². The number of nitrogens with two attached hydrogens (primary N) is 1. The fraction of sp³-hybridized carbons (Fsp3) is 0.350. The summed E-state index contributed by atoms with van der Waals surface area (Å²) in [5.41, 5.74) is 6.25. The van der Waals surface area contributed by atoms with E-state index in [1.54, 1.807) is 6.07 Å². The third-order valence-corrected chi connectivity index (χ3v) is 5.99. The van der Waals surface area contributed by atoms with Crippen LogP contribution in [0.15, 0.2) is 47.4 Å². The van der Waals surface area contributed by atoms with Gasteiger partial charge in [0.1, 0.15) is 0 Å². The van der Waals surface area contributed by atoms with Gasteiger partial charge in [-0.05, 0) is 47.9 Å².